The lowest BCUT2D eigenvalue weighted by Crippen LogP contribution is -2.58. The van der Waals surface area contributed by atoms with E-state index < -0.39 is 6.10 Å². The molecule has 0 radical (unpaired) electrons. The lowest BCUT2D eigenvalue weighted by atomic mass is 9.51. The van der Waals surface area contributed by atoms with Crippen LogP contribution >= 0.6 is 0 Å². The maximum atomic E-state index is 13.1. The summed E-state index contributed by atoms with van der Waals surface area (Å²) in [5.41, 5.74) is 0.793. The fourth-order valence-corrected chi connectivity index (χ4v) is 6.38. The van der Waals surface area contributed by atoms with Crippen LogP contribution in [0.3, 0.4) is 0 Å². The zero-order valence-corrected chi connectivity index (χ0v) is 21.7. The molecule has 0 unspecified atom stereocenters. The number of aliphatic hydroxyl groups is 1. The first-order valence-electron chi connectivity index (χ1n) is 12.8. The summed E-state index contributed by atoms with van der Waals surface area (Å²) in [6, 6.07) is 6.15. The van der Waals surface area contributed by atoms with Gasteiger partial charge in [-0.1, -0.05) is 53.7 Å². The topological polar surface area (TPSA) is 78.4 Å². The van der Waals surface area contributed by atoms with E-state index in [1.54, 1.807) is 12.1 Å². The number of benzene rings is 1. The highest BCUT2D eigenvalue weighted by molar-refractivity contribution is 5.78. The van der Waals surface area contributed by atoms with Gasteiger partial charge in [0.25, 0.3) is 0 Å². The van der Waals surface area contributed by atoms with Gasteiger partial charge in [-0.05, 0) is 72.0 Å². The summed E-state index contributed by atoms with van der Waals surface area (Å²) in [5.74, 6) is -0.604. The number of carbonyl (C=O) groups excluding carboxylic acids is 2. The third-order valence-corrected chi connectivity index (χ3v) is 8.36. The number of fused-ring (bicyclic) bond motifs is 1. The van der Waals surface area contributed by atoms with E-state index >= 15 is 0 Å². The summed E-state index contributed by atoms with van der Waals surface area (Å²) in [4.78, 5) is 25.6. The van der Waals surface area contributed by atoms with Crippen LogP contribution in [0.25, 0.3) is 0 Å². The van der Waals surface area contributed by atoms with Crippen molar-refractivity contribution in [1.82, 2.24) is 10.6 Å². The number of carbonyl (C=O) groups is 2. The van der Waals surface area contributed by atoms with Crippen molar-refractivity contribution in [2.24, 2.45) is 34.5 Å². The highest BCUT2D eigenvalue weighted by Crippen LogP contribution is 2.55. The van der Waals surface area contributed by atoms with Gasteiger partial charge in [0.05, 0.1) is 6.10 Å². The van der Waals surface area contributed by atoms with Gasteiger partial charge in [-0.3, -0.25) is 9.59 Å². The molecule has 2 fully saturated rings. The molecule has 2 aliphatic rings. The molecular weight excluding hydrogens is 431 g/mol. The molecule has 0 aromatic heterocycles. The fourth-order valence-electron chi connectivity index (χ4n) is 6.38. The van der Waals surface area contributed by atoms with Crippen LogP contribution in [0.2, 0.25) is 0 Å². The highest BCUT2D eigenvalue weighted by atomic mass is 19.1. The van der Waals surface area contributed by atoms with Crippen LogP contribution in [0.15, 0.2) is 24.3 Å². The lowest BCUT2D eigenvalue weighted by Gasteiger charge is -2.56. The Morgan fingerprint density at radius 3 is 2.41 bits per heavy atom. The van der Waals surface area contributed by atoms with Crippen LogP contribution in [0, 0.1) is 40.3 Å². The number of amides is 2. The number of hydrogen-bond acceptors (Lipinski definition) is 3. The van der Waals surface area contributed by atoms with Crippen LogP contribution in [0.4, 0.5) is 4.39 Å². The molecule has 0 bridgehead atoms. The van der Waals surface area contributed by atoms with Crippen molar-refractivity contribution in [3.05, 3.63) is 35.6 Å². The Bertz CT molecular complexity index is 865. The summed E-state index contributed by atoms with van der Waals surface area (Å²) in [5, 5.41) is 17.7. The second kappa shape index (κ2) is 10.3. The quantitative estimate of drug-likeness (QED) is 0.553. The Labute approximate surface area is 204 Å². The monoisotopic (exact) mass is 474 g/mol. The van der Waals surface area contributed by atoms with Crippen molar-refractivity contribution in [2.75, 3.05) is 0 Å². The predicted octanol–water partition coefficient (Wildman–Crippen LogP) is 4.82. The smallest absolute Gasteiger partial charge is 0.223 e. The Morgan fingerprint density at radius 1 is 1.18 bits per heavy atom. The van der Waals surface area contributed by atoms with Crippen LogP contribution in [-0.2, 0) is 16.1 Å². The van der Waals surface area contributed by atoms with Crippen LogP contribution in [-0.4, -0.2) is 29.1 Å². The Morgan fingerprint density at radius 2 is 1.79 bits per heavy atom. The number of hydrogen-bond donors (Lipinski definition) is 3. The number of nitrogens with one attached hydrogen (secondary N) is 2. The molecule has 3 rings (SSSR count). The molecule has 0 spiro atoms. The van der Waals surface area contributed by atoms with Crippen molar-refractivity contribution >= 4 is 11.8 Å². The first-order valence-corrected chi connectivity index (χ1v) is 12.8. The van der Waals surface area contributed by atoms with Gasteiger partial charge < -0.3 is 15.7 Å². The summed E-state index contributed by atoms with van der Waals surface area (Å²) < 4.78 is 13.1. The van der Waals surface area contributed by atoms with E-state index in [9.17, 15) is 19.1 Å². The standard InChI is InChI=1S/C28H43FN2O3/c1-17(26(34)30-16-19-7-9-20(29)10-8-19)21-11-13-28(6)14-12-22(18(2)24(28)25(21)33)31-23(32)15-27(3,4)5/h7-10,17-18,21-22,24-25,33H,11-16H2,1-6H3,(H,30,34)(H,31,32)/t17-,18-,21-,22-,24+,25-,28+/m0/s1. The molecule has 2 saturated carbocycles. The van der Waals surface area contributed by atoms with Crippen molar-refractivity contribution < 1.29 is 19.1 Å². The molecule has 1 aromatic rings. The molecule has 0 aliphatic heterocycles. The van der Waals surface area contributed by atoms with Gasteiger partial charge in [0, 0.05) is 24.9 Å². The van der Waals surface area contributed by atoms with E-state index in [2.05, 4.69) is 45.3 Å². The van der Waals surface area contributed by atoms with Crippen molar-refractivity contribution in [3.8, 4) is 0 Å². The van der Waals surface area contributed by atoms with Gasteiger partial charge in [0.1, 0.15) is 5.82 Å². The van der Waals surface area contributed by atoms with Crippen molar-refractivity contribution in [2.45, 2.75) is 92.3 Å². The van der Waals surface area contributed by atoms with E-state index in [0.29, 0.717) is 13.0 Å². The molecule has 2 amide bonds. The summed E-state index contributed by atoms with van der Waals surface area (Å²) in [6.07, 6.45) is 3.57. The van der Waals surface area contributed by atoms with Gasteiger partial charge in [0.2, 0.25) is 11.8 Å². The van der Waals surface area contributed by atoms with Gasteiger partial charge in [-0.25, -0.2) is 4.39 Å². The Balaban J connectivity index is 1.65. The zero-order chi connectivity index (χ0) is 25.3. The molecular formula is C28H43FN2O3. The third kappa shape index (κ3) is 6.18. The minimum Gasteiger partial charge on any atom is -0.392 e. The second-order valence-corrected chi connectivity index (χ2v) is 12.3. The Hall–Kier alpha value is -1.95. The molecule has 3 N–H and O–H groups in total. The first-order chi connectivity index (χ1) is 15.8. The van der Waals surface area contributed by atoms with E-state index in [1.165, 1.54) is 12.1 Å². The summed E-state index contributed by atoms with van der Waals surface area (Å²) in [6.45, 7) is 12.8. The van der Waals surface area contributed by atoms with Crippen molar-refractivity contribution in [1.29, 1.82) is 0 Å². The minimum absolute atomic E-state index is 0.0187. The molecule has 6 heteroatoms. The van der Waals surface area contributed by atoms with Gasteiger partial charge in [0.15, 0.2) is 0 Å². The van der Waals surface area contributed by atoms with Crippen molar-refractivity contribution in [3.63, 3.8) is 0 Å². The summed E-state index contributed by atoms with van der Waals surface area (Å²) >= 11 is 0. The maximum absolute atomic E-state index is 13.1. The van der Waals surface area contributed by atoms with Gasteiger partial charge in [-0.15, -0.1) is 0 Å². The molecule has 0 heterocycles. The number of aliphatic hydroxyl groups excluding tert-OH is 1. The molecule has 7 atom stereocenters. The lowest BCUT2D eigenvalue weighted by molar-refractivity contribution is -0.144. The summed E-state index contributed by atoms with van der Waals surface area (Å²) in [7, 11) is 0. The van der Waals surface area contributed by atoms with E-state index in [-0.39, 0.29) is 58.2 Å². The van der Waals surface area contributed by atoms with E-state index in [4.69, 9.17) is 0 Å². The maximum Gasteiger partial charge on any atom is 0.223 e. The van der Waals surface area contributed by atoms with Crippen LogP contribution in [0.5, 0.6) is 0 Å². The highest BCUT2D eigenvalue weighted by Gasteiger charge is 2.53. The van der Waals surface area contributed by atoms with E-state index in [0.717, 1.165) is 31.2 Å². The van der Waals surface area contributed by atoms with Crippen LogP contribution < -0.4 is 10.6 Å². The first kappa shape index (κ1) is 26.7. The average Bonchev–Trinajstić information content (AvgIpc) is 2.73. The average molecular weight is 475 g/mol. The van der Waals surface area contributed by atoms with Crippen LogP contribution in [0.1, 0.15) is 79.2 Å². The largest absolute Gasteiger partial charge is 0.392 e. The third-order valence-electron chi connectivity index (χ3n) is 8.36. The molecule has 34 heavy (non-hydrogen) atoms. The predicted molar refractivity (Wildman–Crippen MR) is 132 cm³/mol. The van der Waals surface area contributed by atoms with E-state index in [1.807, 2.05) is 6.92 Å². The Kier molecular flexibility index (Phi) is 8.11. The minimum atomic E-state index is -0.595. The molecule has 5 nitrogen and oxygen atoms in total. The number of halogens is 1. The van der Waals surface area contributed by atoms with Gasteiger partial charge in [-0.2, -0.15) is 0 Å². The molecule has 0 saturated heterocycles. The normalized spacial score (nSPS) is 32.4. The molecule has 190 valence electrons. The SMILES string of the molecule is C[C@@H]1[C@@H]2[C@@H](O)[C@H]([C@H](C)C(=O)NCc3ccc(F)cc3)CC[C@]2(C)CC[C@@H]1NC(=O)CC(C)(C)C. The fraction of sp³-hybridized carbons (Fsp3) is 0.714. The second-order valence-electron chi connectivity index (χ2n) is 12.3. The molecule has 2 aliphatic carbocycles. The number of rotatable bonds is 6. The zero-order valence-electron chi connectivity index (χ0n) is 21.7. The molecule has 1 aromatic carbocycles. The van der Waals surface area contributed by atoms with Gasteiger partial charge >= 0.3 is 0 Å².